The van der Waals surface area contributed by atoms with Crippen LogP contribution < -0.4 is 0 Å². The van der Waals surface area contributed by atoms with Crippen LogP contribution in [-0.4, -0.2) is 8.07 Å². The summed E-state index contributed by atoms with van der Waals surface area (Å²) in [6, 6.07) is 0. The van der Waals surface area contributed by atoms with Crippen molar-refractivity contribution >= 4 is 8.07 Å². The van der Waals surface area contributed by atoms with Crippen molar-refractivity contribution in [3.05, 3.63) is 0 Å². The van der Waals surface area contributed by atoms with Crippen LogP contribution in [0.25, 0.3) is 0 Å². The summed E-state index contributed by atoms with van der Waals surface area (Å²) in [7, 11) is -0.658. The zero-order valence-corrected chi connectivity index (χ0v) is 14.1. The van der Waals surface area contributed by atoms with Crippen molar-refractivity contribution < 1.29 is 24.6 Å². The zero-order chi connectivity index (χ0) is 7.61. The van der Waals surface area contributed by atoms with Crippen molar-refractivity contribution in [2.75, 3.05) is 0 Å². The SMILES string of the molecule is C[Si](C)(C)[CH]1CCC[CH2][Hg]1. The van der Waals surface area contributed by atoms with Crippen molar-refractivity contribution in [1.29, 1.82) is 0 Å². The standard InChI is InChI=1S/C8H18Si.Hg/c1-5-6-7-8-9(2,3)4;/h8H,1,5-7H2,2-4H3;. The van der Waals surface area contributed by atoms with Gasteiger partial charge in [0.05, 0.1) is 0 Å². The Hall–Kier alpha value is 1.15. The summed E-state index contributed by atoms with van der Waals surface area (Å²) in [6.45, 7) is 7.72. The zero-order valence-electron chi connectivity index (χ0n) is 7.61. The van der Waals surface area contributed by atoms with Gasteiger partial charge >= 0.3 is 78.5 Å². The third kappa shape index (κ3) is 2.65. The van der Waals surface area contributed by atoms with Gasteiger partial charge in [0, 0.05) is 0 Å². The van der Waals surface area contributed by atoms with Gasteiger partial charge in [-0.3, -0.25) is 0 Å². The van der Waals surface area contributed by atoms with Crippen molar-refractivity contribution in [3.8, 4) is 0 Å². The molecule has 0 spiro atoms. The topological polar surface area (TPSA) is 0 Å². The Balaban J connectivity index is 2.39. The van der Waals surface area contributed by atoms with E-state index < -0.39 is 8.07 Å². The molecule has 1 atom stereocenters. The molecule has 0 aromatic heterocycles. The average Bonchev–Trinajstić information content (AvgIpc) is 1.88. The van der Waals surface area contributed by atoms with Crippen LogP contribution >= 0.6 is 0 Å². The molecule has 1 fully saturated rings. The summed E-state index contributed by atoms with van der Waals surface area (Å²) >= 11 is -0.314. The molecule has 10 heavy (non-hydrogen) atoms. The minimum absolute atomic E-state index is 0.314. The molecular weight excluding hydrogens is 325 g/mol. The fourth-order valence-corrected chi connectivity index (χ4v) is 22.5. The first-order chi connectivity index (χ1) is 4.61. The molecule has 0 radical (unpaired) electrons. The van der Waals surface area contributed by atoms with Gasteiger partial charge in [-0.2, -0.15) is 0 Å². The van der Waals surface area contributed by atoms with E-state index >= 15 is 0 Å². The third-order valence-corrected chi connectivity index (χ3v) is 30.2. The van der Waals surface area contributed by atoms with Gasteiger partial charge in [-0.1, -0.05) is 0 Å². The Bertz CT molecular complexity index is 100. The van der Waals surface area contributed by atoms with E-state index in [-0.39, 0.29) is 24.6 Å². The number of hydrogen-bond acceptors (Lipinski definition) is 0. The summed E-state index contributed by atoms with van der Waals surface area (Å²) in [4.78, 5) is 0. The van der Waals surface area contributed by atoms with Crippen LogP contribution in [0.3, 0.4) is 0 Å². The molecule has 1 aliphatic rings. The molecule has 0 aromatic rings. The molecule has 0 amide bonds. The maximum absolute atomic E-state index is 2.57. The van der Waals surface area contributed by atoms with Crippen molar-refractivity contribution in [3.63, 3.8) is 0 Å². The third-order valence-electron chi connectivity index (χ3n) is 2.83. The molecule has 0 saturated carbocycles. The first-order valence-corrected chi connectivity index (χ1v) is 15.2. The second-order valence-corrected chi connectivity index (χ2v) is 22.2. The Kier molecular flexibility index (Phi) is 3.42. The Morgan fingerprint density at radius 1 is 1.20 bits per heavy atom. The molecule has 0 nitrogen and oxygen atoms in total. The number of hydrogen-bond donors (Lipinski definition) is 0. The van der Waals surface area contributed by atoms with Crippen LogP contribution in [0.1, 0.15) is 19.3 Å². The average molecular weight is 343 g/mol. The van der Waals surface area contributed by atoms with Gasteiger partial charge < -0.3 is 0 Å². The van der Waals surface area contributed by atoms with Gasteiger partial charge in [0.25, 0.3) is 0 Å². The van der Waals surface area contributed by atoms with Crippen LogP contribution in [-0.2, 0) is 24.6 Å². The molecular formula is C8H18HgSi. The monoisotopic (exact) mass is 344 g/mol. The van der Waals surface area contributed by atoms with Gasteiger partial charge in [-0.05, 0) is 0 Å². The molecule has 1 saturated heterocycles. The molecule has 2 heteroatoms. The fourth-order valence-electron chi connectivity index (χ4n) is 1.97. The van der Waals surface area contributed by atoms with E-state index in [9.17, 15) is 0 Å². The van der Waals surface area contributed by atoms with Gasteiger partial charge in [0.15, 0.2) is 0 Å². The Morgan fingerprint density at radius 2 is 1.90 bits per heavy atom. The molecule has 0 aromatic carbocycles. The van der Waals surface area contributed by atoms with E-state index in [1.54, 1.807) is 23.2 Å². The molecule has 1 heterocycles. The quantitative estimate of drug-likeness (QED) is 0.641. The van der Waals surface area contributed by atoms with E-state index in [1.807, 2.05) is 0 Å². The van der Waals surface area contributed by atoms with Crippen molar-refractivity contribution in [2.24, 2.45) is 0 Å². The molecule has 0 aliphatic carbocycles. The van der Waals surface area contributed by atoms with Crippen molar-refractivity contribution in [1.82, 2.24) is 0 Å². The first kappa shape index (κ1) is 9.24. The Morgan fingerprint density at radius 3 is 2.20 bits per heavy atom. The molecule has 56 valence electrons. The predicted octanol–water partition coefficient (Wildman–Crippen LogP) is 3.34. The van der Waals surface area contributed by atoms with E-state index in [0.29, 0.717) is 0 Å². The van der Waals surface area contributed by atoms with E-state index in [0.717, 1.165) is 0 Å². The van der Waals surface area contributed by atoms with Crippen LogP contribution in [0.15, 0.2) is 0 Å². The van der Waals surface area contributed by atoms with Crippen LogP contribution in [0, 0.1) is 0 Å². The summed E-state index contributed by atoms with van der Waals surface area (Å²) in [5.41, 5.74) is 0. The summed E-state index contributed by atoms with van der Waals surface area (Å²) in [6.07, 6.45) is 4.80. The fraction of sp³-hybridized carbons (Fsp3) is 1.00. The predicted molar refractivity (Wildman–Crippen MR) is 45.8 cm³/mol. The molecule has 1 aliphatic heterocycles. The van der Waals surface area contributed by atoms with Crippen LogP contribution in [0.2, 0.25) is 26.6 Å². The van der Waals surface area contributed by atoms with E-state index in [1.165, 1.54) is 3.05 Å². The minimum atomic E-state index is -0.658. The molecule has 0 bridgehead atoms. The Labute approximate surface area is 78.2 Å². The van der Waals surface area contributed by atoms with E-state index in [2.05, 4.69) is 19.6 Å². The second-order valence-electron chi connectivity index (χ2n) is 4.70. The maximum atomic E-state index is 2.57. The second kappa shape index (κ2) is 3.70. The van der Waals surface area contributed by atoms with Gasteiger partial charge in [0.1, 0.15) is 0 Å². The molecule has 1 rings (SSSR count). The summed E-state index contributed by atoms with van der Waals surface area (Å²) in [5.74, 6) is 0. The molecule has 1 unspecified atom stereocenters. The summed E-state index contributed by atoms with van der Waals surface area (Å²) in [5, 5.41) is 0. The normalized spacial score (nSPS) is 26.9. The van der Waals surface area contributed by atoms with Crippen LogP contribution in [0.5, 0.6) is 0 Å². The summed E-state index contributed by atoms with van der Waals surface area (Å²) < 4.78 is 3.09. The van der Waals surface area contributed by atoms with Gasteiger partial charge in [-0.25, -0.2) is 0 Å². The van der Waals surface area contributed by atoms with Crippen LogP contribution in [0.4, 0.5) is 0 Å². The first-order valence-electron chi connectivity index (χ1n) is 4.61. The van der Waals surface area contributed by atoms with Crippen molar-refractivity contribution in [2.45, 2.75) is 45.9 Å². The molecule has 0 N–H and O–H groups in total. The number of rotatable bonds is 1. The van der Waals surface area contributed by atoms with Gasteiger partial charge in [0.2, 0.25) is 0 Å². The van der Waals surface area contributed by atoms with Gasteiger partial charge in [-0.15, -0.1) is 0 Å². The van der Waals surface area contributed by atoms with E-state index in [4.69, 9.17) is 0 Å².